The molecule has 2 N–H and O–H groups in total. The van der Waals surface area contributed by atoms with Crippen LogP contribution in [0.1, 0.15) is 29.2 Å². The molecule has 0 radical (unpaired) electrons. The largest absolute Gasteiger partial charge is 0.341 e. The highest BCUT2D eigenvalue weighted by Gasteiger charge is 2.19. The van der Waals surface area contributed by atoms with Gasteiger partial charge in [-0.15, -0.1) is 11.3 Å². The predicted octanol–water partition coefficient (Wildman–Crippen LogP) is 4.09. The number of amides is 1. The van der Waals surface area contributed by atoms with Crippen LogP contribution in [0.5, 0.6) is 0 Å². The van der Waals surface area contributed by atoms with Crippen LogP contribution in [0.3, 0.4) is 0 Å². The highest BCUT2D eigenvalue weighted by Crippen LogP contribution is 2.24. The van der Waals surface area contributed by atoms with E-state index in [0.29, 0.717) is 22.6 Å². The Labute approximate surface area is 183 Å². The van der Waals surface area contributed by atoms with Crippen molar-refractivity contribution in [2.75, 3.05) is 4.72 Å². The minimum absolute atomic E-state index is 0.241. The maximum Gasteiger partial charge on any atom is 0.271 e. The van der Waals surface area contributed by atoms with Crippen LogP contribution in [0.2, 0.25) is 0 Å². The molecule has 1 unspecified atom stereocenters. The van der Waals surface area contributed by atoms with Crippen molar-refractivity contribution in [3.05, 3.63) is 83.6 Å². The molecule has 0 aliphatic rings. The molecule has 1 amide bonds. The Kier molecular flexibility index (Phi) is 5.83. The van der Waals surface area contributed by atoms with E-state index in [2.05, 4.69) is 20.2 Å². The Morgan fingerprint density at radius 2 is 1.77 bits per heavy atom. The molecule has 0 bridgehead atoms. The number of benzene rings is 2. The number of nitrogens with zero attached hydrogens (tertiary/aromatic N) is 2. The van der Waals surface area contributed by atoms with Gasteiger partial charge in [0.15, 0.2) is 0 Å². The van der Waals surface area contributed by atoms with Crippen LogP contribution in [0.4, 0.5) is 5.69 Å². The van der Waals surface area contributed by atoms with Crippen molar-refractivity contribution in [2.45, 2.75) is 17.2 Å². The van der Waals surface area contributed by atoms with E-state index in [0.717, 1.165) is 11.3 Å². The lowest BCUT2D eigenvalue weighted by molar-refractivity contribution is 0.0932. The van der Waals surface area contributed by atoms with Crippen LogP contribution >= 0.6 is 11.3 Å². The quantitative estimate of drug-likeness (QED) is 0.435. The average molecular weight is 455 g/mol. The number of sulfonamides is 1. The van der Waals surface area contributed by atoms with Gasteiger partial charge >= 0.3 is 0 Å². The topological polar surface area (TPSA) is 114 Å². The Morgan fingerprint density at radius 1 is 1.03 bits per heavy atom. The molecule has 2 heterocycles. The van der Waals surface area contributed by atoms with Crippen molar-refractivity contribution in [3.63, 3.8) is 0 Å². The fourth-order valence-electron chi connectivity index (χ4n) is 2.77. The van der Waals surface area contributed by atoms with Gasteiger partial charge in [0, 0.05) is 16.8 Å². The van der Waals surface area contributed by atoms with Crippen molar-refractivity contribution in [2.24, 2.45) is 0 Å². The van der Waals surface area contributed by atoms with Crippen LogP contribution in [-0.2, 0) is 10.0 Å². The second kappa shape index (κ2) is 8.70. The fraction of sp³-hybridized carbons (Fsp3) is 0.0952. The number of hydrogen-bond acceptors (Lipinski definition) is 7. The molecule has 10 heteroatoms. The number of hydrogen-bond donors (Lipinski definition) is 2. The van der Waals surface area contributed by atoms with E-state index in [1.807, 2.05) is 6.07 Å². The van der Waals surface area contributed by atoms with E-state index in [9.17, 15) is 13.2 Å². The lowest BCUT2D eigenvalue weighted by atomic mass is 10.2. The van der Waals surface area contributed by atoms with E-state index in [4.69, 9.17) is 4.52 Å². The average Bonchev–Trinajstić information content (AvgIpc) is 3.47. The first-order valence-corrected chi connectivity index (χ1v) is 11.6. The molecule has 158 valence electrons. The number of nitrogens with one attached hydrogen (secondary N) is 2. The van der Waals surface area contributed by atoms with Crippen molar-refractivity contribution in [1.29, 1.82) is 0 Å². The molecule has 1 atom stereocenters. The van der Waals surface area contributed by atoms with Gasteiger partial charge in [0.2, 0.25) is 11.7 Å². The minimum Gasteiger partial charge on any atom is -0.341 e. The van der Waals surface area contributed by atoms with Crippen molar-refractivity contribution in [3.8, 4) is 11.4 Å². The molecule has 0 aliphatic carbocycles. The number of rotatable bonds is 7. The molecule has 2 aromatic heterocycles. The van der Waals surface area contributed by atoms with Gasteiger partial charge in [-0.25, -0.2) is 8.42 Å². The second-order valence-electron chi connectivity index (χ2n) is 6.63. The van der Waals surface area contributed by atoms with Crippen LogP contribution < -0.4 is 10.0 Å². The number of thiophene rings is 1. The van der Waals surface area contributed by atoms with E-state index >= 15 is 0 Å². The minimum atomic E-state index is -3.61. The molecule has 2 aromatic carbocycles. The summed E-state index contributed by atoms with van der Waals surface area (Å²) in [6.07, 6.45) is 0. The third kappa shape index (κ3) is 4.81. The Balaban J connectivity index is 1.43. The molecule has 0 spiro atoms. The summed E-state index contributed by atoms with van der Waals surface area (Å²) in [6, 6.07) is 18.2. The summed E-state index contributed by atoms with van der Waals surface area (Å²) in [4.78, 5) is 16.6. The lowest BCUT2D eigenvalue weighted by Gasteiger charge is -2.09. The standard InChI is InChI=1S/C21H18N4O4S2/c1-14(22-20(26)16-6-3-2-4-7-16)21-23-19(24-29-21)15-9-11-17(12-10-15)25-31(27,28)18-8-5-13-30-18/h2-14,25H,1H3,(H,22,26). The van der Waals surface area contributed by atoms with E-state index in [-0.39, 0.29) is 16.0 Å². The maximum atomic E-state index is 12.3. The van der Waals surface area contributed by atoms with E-state index < -0.39 is 16.1 Å². The molecule has 4 rings (SSSR count). The van der Waals surface area contributed by atoms with Gasteiger partial charge in [-0.05, 0) is 54.8 Å². The van der Waals surface area contributed by atoms with Crippen LogP contribution in [-0.4, -0.2) is 24.5 Å². The summed E-state index contributed by atoms with van der Waals surface area (Å²) in [5.41, 5.74) is 1.61. The van der Waals surface area contributed by atoms with Crippen LogP contribution in [0.15, 0.2) is 80.8 Å². The summed E-state index contributed by atoms with van der Waals surface area (Å²) < 4.78 is 32.7. The Morgan fingerprint density at radius 3 is 2.45 bits per heavy atom. The Bertz CT molecular complexity index is 1270. The molecular formula is C21H18N4O4S2. The first-order valence-electron chi connectivity index (χ1n) is 9.29. The summed E-state index contributed by atoms with van der Waals surface area (Å²) in [5, 5.41) is 8.48. The second-order valence-corrected chi connectivity index (χ2v) is 9.49. The van der Waals surface area contributed by atoms with Crippen LogP contribution in [0.25, 0.3) is 11.4 Å². The summed E-state index contributed by atoms with van der Waals surface area (Å²) in [5.74, 6) is 0.362. The zero-order valence-corrected chi connectivity index (χ0v) is 18.0. The number of carbonyl (C=O) groups is 1. The van der Waals surface area contributed by atoms with E-state index in [1.165, 1.54) is 0 Å². The lowest BCUT2D eigenvalue weighted by Crippen LogP contribution is -2.26. The zero-order chi connectivity index (χ0) is 21.8. The van der Waals surface area contributed by atoms with Crippen LogP contribution in [0, 0.1) is 0 Å². The van der Waals surface area contributed by atoms with Gasteiger partial charge in [0.1, 0.15) is 10.3 Å². The fourth-order valence-corrected chi connectivity index (χ4v) is 4.82. The zero-order valence-electron chi connectivity index (χ0n) is 16.3. The Hall–Kier alpha value is -3.50. The monoisotopic (exact) mass is 454 g/mol. The smallest absolute Gasteiger partial charge is 0.271 e. The normalized spacial score (nSPS) is 12.3. The molecule has 8 nitrogen and oxygen atoms in total. The molecular weight excluding hydrogens is 436 g/mol. The molecule has 0 aliphatic heterocycles. The summed E-state index contributed by atoms with van der Waals surface area (Å²) >= 11 is 1.14. The van der Waals surface area contributed by atoms with Gasteiger partial charge in [0.25, 0.3) is 15.9 Å². The highest BCUT2D eigenvalue weighted by atomic mass is 32.2. The molecule has 0 saturated carbocycles. The van der Waals surface area contributed by atoms with Gasteiger partial charge in [-0.1, -0.05) is 29.4 Å². The number of carbonyl (C=O) groups excluding carboxylic acids is 1. The van der Waals surface area contributed by atoms with Gasteiger partial charge in [-0.3, -0.25) is 9.52 Å². The summed E-state index contributed by atoms with van der Waals surface area (Å²) in [6.45, 7) is 1.75. The van der Waals surface area contributed by atoms with Gasteiger partial charge < -0.3 is 9.84 Å². The third-order valence-corrected chi connectivity index (χ3v) is 7.13. The SMILES string of the molecule is CC(NC(=O)c1ccccc1)c1nc(-c2ccc(NS(=O)(=O)c3cccs3)cc2)no1. The van der Waals surface area contributed by atoms with Crippen molar-refractivity contribution < 1.29 is 17.7 Å². The molecule has 0 saturated heterocycles. The van der Waals surface area contributed by atoms with Crippen molar-refractivity contribution in [1.82, 2.24) is 15.5 Å². The van der Waals surface area contributed by atoms with E-state index in [1.54, 1.807) is 73.0 Å². The first-order chi connectivity index (χ1) is 14.9. The van der Waals surface area contributed by atoms with Gasteiger partial charge in [-0.2, -0.15) is 4.98 Å². The number of aromatic nitrogens is 2. The summed E-state index contributed by atoms with van der Waals surface area (Å²) in [7, 11) is -3.61. The first kappa shape index (κ1) is 20.8. The molecule has 4 aromatic rings. The van der Waals surface area contributed by atoms with Crippen molar-refractivity contribution >= 4 is 33.0 Å². The number of anilines is 1. The molecule has 31 heavy (non-hydrogen) atoms. The predicted molar refractivity (Wildman–Crippen MR) is 117 cm³/mol. The maximum absolute atomic E-state index is 12.3. The highest BCUT2D eigenvalue weighted by molar-refractivity contribution is 7.94. The van der Waals surface area contributed by atoms with Gasteiger partial charge in [0.05, 0.1) is 0 Å². The molecule has 0 fully saturated rings. The third-order valence-electron chi connectivity index (χ3n) is 4.35.